The Morgan fingerprint density at radius 1 is 1.04 bits per heavy atom. The summed E-state index contributed by atoms with van der Waals surface area (Å²) in [6.07, 6.45) is 1.67. The summed E-state index contributed by atoms with van der Waals surface area (Å²) in [5.74, 6) is 0.150. The van der Waals surface area contributed by atoms with E-state index in [-0.39, 0.29) is 16.4 Å². The van der Waals surface area contributed by atoms with Crippen molar-refractivity contribution in [1.29, 1.82) is 0 Å². The van der Waals surface area contributed by atoms with Gasteiger partial charge in [-0.25, -0.2) is 8.78 Å². The summed E-state index contributed by atoms with van der Waals surface area (Å²) in [7, 11) is 2.08. The van der Waals surface area contributed by atoms with Gasteiger partial charge in [0, 0.05) is 16.1 Å². The Kier molecular flexibility index (Phi) is 5.02. The zero-order valence-electron chi connectivity index (χ0n) is 13.3. The van der Waals surface area contributed by atoms with Gasteiger partial charge in [0.15, 0.2) is 0 Å². The molecule has 4 heteroatoms. The van der Waals surface area contributed by atoms with Crippen molar-refractivity contribution in [3.05, 3.63) is 71.3 Å². The molecule has 1 nitrogen and oxygen atoms in total. The first kappa shape index (κ1) is 16.5. The Labute approximate surface area is 140 Å². The first-order valence-electron chi connectivity index (χ1n) is 7.91. The molecule has 0 bridgehead atoms. The molecule has 1 aliphatic heterocycles. The van der Waals surface area contributed by atoms with E-state index in [9.17, 15) is 8.78 Å². The SMILES string of the molecule is CN1CCC(SCc2ccccc2)(c2cc(F)ccc2F)CC1. The van der Waals surface area contributed by atoms with E-state index in [0.717, 1.165) is 31.7 Å². The van der Waals surface area contributed by atoms with E-state index in [1.807, 2.05) is 18.2 Å². The Bertz CT molecular complexity index is 652. The molecule has 122 valence electrons. The Hall–Kier alpha value is -1.39. The van der Waals surface area contributed by atoms with Crippen molar-refractivity contribution in [3.8, 4) is 0 Å². The molecule has 1 fully saturated rings. The second-order valence-electron chi connectivity index (χ2n) is 6.20. The maximum Gasteiger partial charge on any atom is 0.128 e. The minimum Gasteiger partial charge on any atom is -0.306 e. The minimum absolute atomic E-state index is 0.295. The molecular formula is C19H21F2NS. The fourth-order valence-corrected chi connectivity index (χ4v) is 4.53. The van der Waals surface area contributed by atoms with Crippen LogP contribution in [0.15, 0.2) is 48.5 Å². The third-order valence-corrected chi connectivity index (χ3v) is 6.23. The first-order chi connectivity index (χ1) is 11.1. The maximum absolute atomic E-state index is 14.4. The summed E-state index contributed by atoms with van der Waals surface area (Å²) in [5.41, 5.74) is 1.74. The highest BCUT2D eigenvalue weighted by atomic mass is 32.2. The number of nitrogens with zero attached hydrogens (tertiary/aromatic N) is 1. The fraction of sp³-hybridized carbons (Fsp3) is 0.368. The third-order valence-electron chi connectivity index (χ3n) is 4.57. The van der Waals surface area contributed by atoms with Gasteiger partial charge in [-0.05, 0) is 56.7 Å². The van der Waals surface area contributed by atoms with Gasteiger partial charge >= 0.3 is 0 Å². The van der Waals surface area contributed by atoms with Crippen LogP contribution >= 0.6 is 11.8 Å². The van der Waals surface area contributed by atoms with Crippen molar-refractivity contribution in [3.63, 3.8) is 0 Å². The van der Waals surface area contributed by atoms with Gasteiger partial charge in [-0.15, -0.1) is 11.8 Å². The molecule has 3 rings (SSSR count). The van der Waals surface area contributed by atoms with Gasteiger partial charge in [-0.2, -0.15) is 0 Å². The summed E-state index contributed by atoms with van der Waals surface area (Å²) in [6.45, 7) is 1.80. The van der Waals surface area contributed by atoms with Crippen molar-refractivity contribution in [2.45, 2.75) is 23.3 Å². The molecule has 0 unspecified atom stereocenters. The summed E-state index contributed by atoms with van der Waals surface area (Å²) >= 11 is 1.74. The molecule has 0 radical (unpaired) electrons. The minimum atomic E-state index is -0.361. The first-order valence-corrected chi connectivity index (χ1v) is 8.90. The molecule has 0 atom stereocenters. The number of thioether (sulfide) groups is 1. The van der Waals surface area contributed by atoms with Gasteiger partial charge in [0.1, 0.15) is 11.6 Å². The average Bonchev–Trinajstić information content (AvgIpc) is 2.58. The topological polar surface area (TPSA) is 3.24 Å². The highest BCUT2D eigenvalue weighted by Gasteiger charge is 2.38. The van der Waals surface area contributed by atoms with E-state index >= 15 is 0 Å². The molecule has 0 amide bonds. The van der Waals surface area contributed by atoms with E-state index in [1.54, 1.807) is 11.8 Å². The molecule has 1 saturated heterocycles. The molecule has 0 spiro atoms. The van der Waals surface area contributed by atoms with Gasteiger partial charge in [0.25, 0.3) is 0 Å². The normalized spacial score (nSPS) is 18.0. The van der Waals surface area contributed by atoms with Gasteiger partial charge in [-0.3, -0.25) is 0 Å². The molecule has 1 aliphatic rings. The van der Waals surface area contributed by atoms with Crippen LogP contribution in [0.2, 0.25) is 0 Å². The van der Waals surface area contributed by atoms with Crippen LogP contribution in [0.1, 0.15) is 24.0 Å². The van der Waals surface area contributed by atoms with E-state index in [4.69, 9.17) is 0 Å². The molecule has 2 aromatic carbocycles. The van der Waals surface area contributed by atoms with Crippen molar-refractivity contribution >= 4 is 11.8 Å². The zero-order chi connectivity index (χ0) is 16.3. The largest absolute Gasteiger partial charge is 0.306 e. The van der Waals surface area contributed by atoms with Gasteiger partial charge in [0.2, 0.25) is 0 Å². The van der Waals surface area contributed by atoms with Crippen molar-refractivity contribution in [1.82, 2.24) is 4.90 Å². The lowest BCUT2D eigenvalue weighted by atomic mass is 9.88. The van der Waals surface area contributed by atoms with E-state index in [1.165, 1.54) is 23.8 Å². The summed E-state index contributed by atoms with van der Waals surface area (Å²) in [5, 5.41) is 0. The van der Waals surface area contributed by atoms with Crippen LogP contribution < -0.4 is 0 Å². The lowest BCUT2D eigenvalue weighted by Gasteiger charge is -2.41. The van der Waals surface area contributed by atoms with E-state index in [0.29, 0.717) is 5.56 Å². The number of hydrogen-bond acceptors (Lipinski definition) is 2. The Morgan fingerprint density at radius 2 is 1.74 bits per heavy atom. The predicted octanol–water partition coefficient (Wildman–Crippen LogP) is 4.82. The quantitative estimate of drug-likeness (QED) is 0.789. The summed E-state index contributed by atoms with van der Waals surface area (Å²) in [6, 6.07) is 14.0. The number of hydrogen-bond donors (Lipinski definition) is 0. The van der Waals surface area contributed by atoms with Gasteiger partial charge in [-0.1, -0.05) is 30.3 Å². The lowest BCUT2D eigenvalue weighted by Crippen LogP contribution is -2.39. The summed E-state index contributed by atoms with van der Waals surface area (Å²) < 4.78 is 27.8. The molecule has 0 aliphatic carbocycles. The van der Waals surface area contributed by atoms with Crippen molar-refractivity contribution in [2.75, 3.05) is 20.1 Å². The standard InChI is InChI=1S/C19H21F2NS/c1-22-11-9-19(10-12-22,17-13-16(20)7-8-18(17)21)23-14-15-5-3-2-4-6-15/h2-8,13H,9-12,14H2,1H3. The smallest absolute Gasteiger partial charge is 0.128 e. The second kappa shape index (κ2) is 7.02. The van der Waals surface area contributed by atoms with Gasteiger partial charge < -0.3 is 4.90 Å². The Balaban J connectivity index is 1.89. The molecule has 0 aromatic heterocycles. The van der Waals surface area contributed by atoms with Crippen LogP contribution in [0.4, 0.5) is 8.78 Å². The molecule has 0 N–H and O–H groups in total. The average molecular weight is 333 g/mol. The van der Waals surface area contributed by atoms with Crippen LogP contribution in [-0.2, 0) is 10.5 Å². The van der Waals surface area contributed by atoms with E-state index < -0.39 is 0 Å². The number of likely N-dealkylation sites (tertiary alicyclic amines) is 1. The van der Waals surface area contributed by atoms with Crippen molar-refractivity contribution in [2.24, 2.45) is 0 Å². The number of benzene rings is 2. The van der Waals surface area contributed by atoms with Crippen LogP contribution in [-0.4, -0.2) is 25.0 Å². The van der Waals surface area contributed by atoms with Crippen LogP contribution in [0.3, 0.4) is 0 Å². The zero-order valence-corrected chi connectivity index (χ0v) is 14.1. The van der Waals surface area contributed by atoms with Crippen LogP contribution in [0.5, 0.6) is 0 Å². The monoisotopic (exact) mass is 333 g/mol. The number of rotatable bonds is 4. The highest BCUT2D eigenvalue weighted by molar-refractivity contribution is 7.99. The molecule has 0 saturated carbocycles. The van der Waals surface area contributed by atoms with E-state index in [2.05, 4.69) is 24.1 Å². The molecular weight excluding hydrogens is 312 g/mol. The maximum atomic E-state index is 14.4. The number of piperidine rings is 1. The Morgan fingerprint density at radius 3 is 2.43 bits per heavy atom. The third kappa shape index (κ3) is 3.75. The second-order valence-corrected chi connectivity index (χ2v) is 7.55. The highest BCUT2D eigenvalue weighted by Crippen LogP contribution is 2.47. The van der Waals surface area contributed by atoms with Gasteiger partial charge in [0.05, 0.1) is 0 Å². The van der Waals surface area contributed by atoms with Crippen molar-refractivity contribution < 1.29 is 8.78 Å². The number of halogens is 2. The lowest BCUT2D eigenvalue weighted by molar-refractivity contribution is 0.237. The molecule has 23 heavy (non-hydrogen) atoms. The predicted molar refractivity (Wildman–Crippen MR) is 92.5 cm³/mol. The molecule has 2 aromatic rings. The van der Waals surface area contributed by atoms with Crippen LogP contribution in [0, 0.1) is 11.6 Å². The van der Waals surface area contributed by atoms with Crippen LogP contribution in [0.25, 0.3) is 0 Å². The fourth-order valence-electron chi connectivity index (χ4n) is 3.11. The molecule has 1 heterocycles. The summed E-state index contributed by atoms with van der Waals surface area (Å²) in [4.78, 5) is 2.25.